The third kappa shape index (κ3) is 4.73. The highest BCUT2D eigenvalue weighted by atomic mass is 79.9. The van der Waals surface area contributed by atoms with Crippen molar-refractivity contribution in [3.8, 4) is 0 Å². The molecule has 1 aromatic carbocycles. The zero-order valence-corrected chi connectivity index (χ0v) is 16.4. The Morgan fingerprint density at radius 3 is 3.04 bits per heavy atom. The van der Waals surface area contributed by atoms with E-state index in [1.807, 2.05) is 12.1 Å². The number of ether oxygens (including phenoxy) is 1. The number of likely N-dealkylation sites (tertiary alicyclic amines) is 1. The van der Waals surface area contributed by atoms with Crippen molar-refractivity contribution in [3.05, 3.63) is 34.1 Å². The average Bonchev–Trinajstić information content (AvgIpc) is 3.22. The lowest BCUT2D eigenvalue weighted by Crippen LogP contribution is -2.41. The van der Waals surface area contributed by atoms with Gasteiger partial charge in [-0.1, -0.05) is 22.0 Å². The fourth-order valence-corrected chi connectivity index (χ4v) is 4.03. The van der Waals surface area contributed by atoms with Crippen LogP contribution < -0.4 is 5.32 Å². The Kier molecular flexibility index (Phi) is 6.34. The quantitative estimate of drug-likeness (QED) is 0.456. The summed E-state index contributed by atoms with van der Waals surface area (Å²) in [6.07, 6.45) is 3.89. The van der Waals surface area contributed by atoms with E-state index in [2.05, 4.69) is 33.1 Å². The van der Waals surface area contributed by atoms with E-state index in [0.717, 1.165) is 61.7 Å². The highest BCUT2D eigenvalue weighted by Gasteiger charge is 2.42. The van der Waals surface area contributed by atoms with Gasteiger partial charge < -0.3 is 15.0 Å². The van der Waals surface area contributed by atoms with Gasteiger partial charge in [-0.05, 0) is 50.3 Å². The number of nitrogens with one attached hydrogen (secondary N) is 1. The summed E-state index contributed by atoms with van der Waals surface area (Å²) in [6, 6.07) is 5.26. The predicted octanol–water partition coefficient (Wildman–Crippen LogP) is 3.60. The maximum absolute atomic E-state index is 13.9. The van der Waals surface area contributed by atoms with Crippen LogP contribution in [0.2, 0.25) is 0 Å². The monoisotopic (exact) mass is 411 g/mol. The van der Waals surface area contributed by atoms with E-state index in [9.17, 15) is 4.39 Å². The molecule has 1 spiro atoms. The Morgan fingerprint density at radius 1 is 1.44 bits per heavy atom. The van der Waals surface area contributed by atoms with Gasteiger partial charge in [0.05, 0.1) is 6.61 Å². The molecule has 2 fully saturated rings. The number of rotatable bonds is 5. The van der Waals surface area contributed by atoms with Crippen molar-refractivity contribution in [2.24, 2.45) is 10.4 Å². The molecular weight excluding hydrogens is 385 g/mol. The van der Waals surface area contributed by atoms with Gasteiger partial charge in [0.1, 0.15) is 5.82 Å². The second kappa shape index (κ2) is 8.49. The molecule has 138 valence electrons. The first-order valence-corrected chi connectivity index (χ1v) is 9.96. The summed E-state index contributed by atoms with van der Waals surface area (Å²) in [7, 11) is 0. The number of hydrogen-bond donors (Lipinski definition) is 1. The van der Waals surface area contributed by atoms with Gasteiger partial charge in [-0.25, -0.2) is 4.39 Å². The van der Waals surface area contributed by atoms with Crippen LogP contribution in [0.4, 0.5) is 4.39 Å². The SMILES string of the molecule is CCNC(=NCCCc1ccc(Br)cc1F)N1CCC2(CCOC2)C1. The van der Waals surface area contributed by atoms with Crippen LogP contribution in [0.1, 0.15) is 31.7 Å². The fourth-order valence-electron chi connectivity index (χ4n) is 3.69. The largest absolute Gasteiger partial charge is 0.381 e. The average molecular weight is 412 g/mol. The Balaban J connectivity index is 1.53. The Morgan fingerprint density at radius 2 is 2.32 bits per heavy atom. The van der Waals surface area contributed by atoms with E-state index in [1.165, 1.54) is 12.5 Å². The van der Waals surface area contributed by atoms with Crippen molar-refractivity contribution < 1.29 is 9.13 Å². The van der Waals surface area contributed by atoms with E-state index < -0.39 is 0 Å². The van der Waals surface area contributed by atoms with Crippen LogP contribution in [-0.2, 0) is 11.2 Å². The first kappa shape index (κ1) is 18.6. The van der Waals surface area contributed by atoms with Crippen molar-refractivity contribution >= 4 is 21.9 Å². The maximum Gasteiger partial charge on any atom is 0.193 e. The van der Waals surface area contributed by atoms with Gasteiger partial charge in [0, 0.05) is 42.7 Å². The second-order valence-corrected chi connectivity index (χ2v) is 7.96. The minimum atomic E-state index is -0.145. The summed E-state index contributed by atoms with van der Waals surface area (Å²) in [5, 5.41) is 3.40. The van der Waals surface area contributed by atoms with E-state index in [1.54, 1.807) is 0 Å². The molecule has 0 amide bonds. The van der Waals surface area contributed by atoms with E-state index >= 15 is 0 Å². The molecule has 1 unspecified atom stereocenters. The summed E-state index contributed by atoms with van der Waals surface area (Å²) >= 11 is 3.29. The zero-order chi connectivity index (χ0) is 17.7. The van der Waals surface area contributed by atoms with Crippen molar-refractivity contribution in [1.82, 2.24) is 10.2 Å². The van der Waals surface area contributed by atoms with Gasteiger partial charge in [0.25, 0.3) is 0 Å². The molecule has 2 aliphatic rings. The Labute approximate surface area is 158 Å². The van der Waals surface area contributed by atoms with Crippen LogP contribution in [0.25, 0.3) is 0 Å². The maximum atomic E-state index is 13.9. The van der Waals surface area contributed by atoms with Crippen molar-refractivity contribution in [3.63, 3.8) is 0 Å². The third-order valence-corrected chi connectivity index (χ3v) is 5.63. The summed E-state index contributed by atoms with van der Waals surface area (Å²) in [6.45, 7) is 7.50. The normalized spacial score (nSPS) is 23.6. The molecule has 2 aliphatic heterocycles. The lowest BCUT2D eigenvalue weighted by Gasteiger charge is -2.25. The van der Waals surface area contributed by atoms with Gasteiger partial charge in [-0.2, -0.15) is 0 Å². The minimum Gasteiger partial charge on any atom is -0.381 e. The number of guanidine groups is 1. The van der Waals surface area contributed by atoms with Gasteiger partial charge >= 0.3 is 0 Å². The molecule has 2 heterocycles. The first-order valence-electron chi connectivity index (χ1n) is 9.17. The summed E-state index contributed by atoms with van der Waals surface area (Å²) in [5.74, 6) is 0.843. The molecule has 1 atom stereocenters. The van der Waals surface area contributed by atoms with Crippen LogP contribution in [0.5, 0.6) is 0 Å². The molecule has 3 rings (SSSR count). The molecule has 0 bridgehead atoms. The molecular formula is C19H27BrFN3O. The number of benzene rings is 1. The second-order valence-electron chi connectivity index (χ2n) is 7.05. The minimum absolute atomic E-state index is 0.145. The summed E-state index contributed by atoms with van der Waals surface area (Å²) in [4.78, 5) is 7.13. The Hall–Kier alpha value is -1.14. The molecule has 0 aliphatic carbocycles. The highest BCUT2D eigenvalue weighted by Crippen LogP contribution is 2.38. The van der Waals surface area contributed by atoms with Crippen LogP contribution in [0, 0.1) is 11.2 Å². The fraction of sp³-hybridized carbons (Fsp3) is 0.632. The van der Waals surface area contributed by atoms with Crippen molar-refractivity contribution in [2.45, 2.75) is 32.6 Å². The number of aryl methyl sites for hydroxylation is 1. The van der Waals surface area contributed by atoms with Crippen molar-refractivity contribution in [1.29, 1.82) is 0 Å². The Bertz CT molecular complexity index is 617. The molecule has 25 heavy (non-hydrogen) atoms. The lowest BCUT2D eigenvalue weighted by atomic mass is 9.87. The summed E-state index contributed by atoms with van der Waals surface area (Å²) in [5.41, 5.74) is 1.09. The number of nitrogens with zero attached hydrogens (tertiary/aromatic N) is 2. The number of aliphatic imine (C=N–C) groups is 1. The predicted molar refractivity (Wildman–Crippen MR) is 102 cm³/mol. The topological polar surface area (TPSA) is 36.9 Å². The zero-order valence-electron chi connectivity index (χ0n) is 14.9. The van der Waals surface area contributed by atoms with Gasteiger partial charge in [-0.15, -0.1) is 0 Å². The van der Waals surface area contributed by atoms with E-state index in [-0.39, 0.29) is 5.82 Å². The van der Waals surface area contributed by atoms with Gasteiger partial charge in [-0.3, -0.25) is 4.99 Å². The van der Waals surface area contributed by atoms with E-state index in [4.69, 9.17) is 9.73 Å². The molecule has 1 N–H and O–H groups in total. The number of hydrogen-bond acceptors (Lipinski definition) is 2. The smallest absolute Gasteiger partial charge is 0.193 e. The van der Waals surface area contributed by atoms with Crippen LogP contribution in [-0.4, -0.2) is 50.3 Å². The molecule has 0 aromatic heterocycles. The molecule has 1 aromatic rings. The van der Waals surface area contributed by atoms with Gasteiger partial charge in [0.2, 0.25) is 0 Å². The van der Waals surface area contributed by atoms with E-state index in [0.29, 0.717) is 18.4 Å². The first-order chi connectivity index (χ1) is 12.1. The van der Waals surface area contributed by atoms with Crippen molar-refractivity contribution in [2.75, 3.05) is 39.4 Å². The standard InChI is InChI=1S/C19H27BrFN3O/c1-2-22-18(24-10-7-19(13-24)8-11-25-14-19)23-9-3-4-15-5-6-16(20)12-17(15)21/h5-6,12H,2-4,7-11,13-14H2,1H3,(H,22,23). The molecule has 0 radical (unpaired) electrons. The highest BCUT2D eigenvalue weighted by molar-refractivity contribution is 9.10. The molecule has 4 nitrogen and oxygen atoms in total. The van der Waals surface area contributed by atoms with Crippen LogP contribution in [0.15, 0.2) is 27.7 Å². The van der Waals surface area contributed by atoms with Crippen LogP contribution in [0.3, 0.4) is 0 Å². The summed E-state index contributed by atoms with van der Waals surface area (Å²) < 4.78 is 20.3. The molecule has 2 saturated heterocycles. The lowest BCUT2D eigenvalue weighted by molar-refractivity contribution is 0.156. The third-order valence-electron chi connectivity index (χ3n) is 5.14. The van der Waals surface area contributed by atoms with Gasteiger partial charge in [0.15, 0.2) is 5.96 Å². The molecule has 0 saturated carbocycles. The molecule has 6 heteroatoms. The van der Waals surface area contributed by atoms with Crippen LogP contribution >= 0.6 is 15.9 Å². The number of halogens is 2.